The Kier molecular flexibility index (Phi) is 4.71. The number of hydrogen-bond acceptors (Lipinski definition) is 5. The van der Waals surface area contributed by atoms with Gasteiger partial charge >= 0.3 is 0 Å². The van der Waals surface area contributed by atoms with Gasteiger partial charge in [-0.2, -0.15) is 5.10 Å². The van der Waals surface area contributed by atoms with Crippen LogP contribution < -0.4 is 19.5 Å². The van der Waals surface area contributed by atoms with Crippen molar-refractivity contribution in [3.05, 3.63) is 36.7 Å². The monoisotopic (exact) mass is 289 g/mol. The van der Waals surface area contributed by atoms with E-state index in [0.29, 0.717) is 23.8 Å². The van der Waals surface area contributed by atoms with Crippen LogP contribution in [-0.4, -0.2) is 31.1 Å². The van der Waals surface area contributed by atoms with Crippen molar-refractivity contribution in [2.24, 2.45) is 0 Å². The molecule has 21 heavy (non-hydrogen) atoms. The van der Waals surface area contributed by atoms with Crippen LogP contribution in [0.2, 0.25) is 0 Å². The third-order valence-corrected chi connectivity index (χ3v) is 3.00. The number of methoxy groups -OCH3 is 3. The molecule has 0 fully saturated rings. The van der Waals surface area contributed by atoms with E-state index in [0.717, 1.165) is 11.3 Å². The second kappa shape index (κ2) is 6.69. The molecule has 0 amide bonds. The first-order chi connectivity index (χ1) is 10.2. The molecule has 0 aliphatic rings. The SMILES string of the molecule is C=Cn1cc(CNc2cc(OC)c(OC)c(OC)c2)cn1. The molecule has 6 nitrogen and oxygen atoms in total. The van der Waals surface area contributed by atoms with Gasteiger partial charge in [-0.05, 0) is 0 Å². The molecule has 0 bridgehead atoms. The molecule has 1 aromatic heterocycles. The van der Waals surface area contributed by atoms with E-state index < -0.39 is 0 Å². The van der Waals surface area contributed by atoms with Gasteiger partial charge in [0, 0.05) is 42.3 Å². The first-order valence-electron chi connectivity index (χ1n) is 6.41. The predicted molar refractivity (Wildman–Crippen MR) is 82.0 cm³/mol. The fraction of sp³-hybridized carbons (Fsp3) is 0.267. The van der Waals surface area contributed by atoms with Crippen LogP contribution in [0.4, 0.5) is 5.69 Å². The molecule has 0 spiro atoms. The number of nitrogens with one attached hydrogen (secondary N) is 1. The second-order valence-electron chi connectivity index (χ2n) is 4.28. The van der Waals surface area contributed by atoms with Crippen molar-refractivity contribution in [3.63, 3.8) is 0 Å². The van der Waals surface area contributed by atoms with Gasteiger partial charge in [0.2, 0.25) is 5.75 Å². The summed E-state index contributed by atoms with van der Waals surface area (Å²) in [5.74, 6) is 1.80. The molecule has 2 aromatic rings. The topological polar surface area (TPSA) is 57.5 Å². The van der Waals surface area contributed by atoms with Crippen molar-refractivity contribution in [2.75, 3.05) is 26.6 Å². The number of rotatable bonds is 7. The molecular weight excluding hydrogens is 270 g/mol. The molecule has 6 heteroatoms. The fourth-order valence-corrected chi connectivity index (χ4v) is 1.96. The minimum atomic E-state index is 0.574. The minimum absolute atomic E-state index is 0.574. The number of aromatic nitrogens is 2. The lowest BCUT2D eigenvalue weighted by Crippen LogP contribution is -2.01. The zero-order chi connectivity index (χ0) is 15.2. The van der Waals surface area contributed by atoms with E-state index in [9.17, 15) is 0 Å². The standard InChI is InChI=1S/C15H19N3O3/c1-5-18-10-11(9-17-18)8-16-12-6-13(19-2)15(21-4)14(7-12)20-3/h5-7,9-10,16H,1,8H2,2-4H3. The van der Waals surface area contributed by atoms with Crippen molar-refractivity contribution >= 4 is 11.9 Å². The van der Waals surface area contributed by atoms with Gasteiger partial charge in [-0.15, -0.1) is 0 Å². The summed E-state index contributed by atoms with van der Waals surface area (Å²) in [5, 5.41) is 7.43. The van der Waals surface area contributed by atoms with Gasteiger partial charge in [-0.1, -0.05) is 6.58 Å². The molecule has 0 aliphatic carbocycles. The molecule has 112 valence electrons. The molecular formula is C15H19N3O3. The Morgan fingerprint density at radius 2 is 1.86 bits per heavy atom. The summed E-state index contributed by atoms with van der Waals surface area (Å²) in [6.45, 7) is 4.29. The molecule has 0 radical (unpaired) electrons. The molecule has 1 heterocycles. The maximum Gasteiger partial charge on any atom is 0.203 e. The molecule has 0 saturated carbocycles. The van der Waals surface area contributed by atoms with Crippen LogP contribution in [0.3, 0.4) is 0 Å². The maximum absolute atomic E-state index is 5.32. The number of benzene rings is 1. The van der Waals surface area contributed by atoms with E-state index in [2.05, 4.69) is 17.0 Å². The highest BCUT2D eigenvalue weighted by molar-refractivity contribution is 5.62. The molecule has 1 aromatic carbocycles. The third kappa shape index (κ3) is 3.28. The maximum atomic E-state index is 5.32. The van der Waals surface area contributed by atoms with Crippen molar-refractivity contribution in [3.8, 4) is 17.2 Å². The zero-order valence-electron chi connectivity index (χ0n) is 12.4. The third-order valence-electron chi connectivity index (χ3n) is 3.00. The highest BCUT2D eigenvalue weighted by Gasteiger charge is 2.13. The summed E-state index contributed by atoms with van der Waals surface area (Å²) in [5.41, 5.74) is 1.92. The lowest BCUT2D eigenvalue weighted by atomic mass is 10.2. The van der Waals surface area contributed by atoms with Crippen molar-refractivity contribution in [1.29, 1.82) is 0 Å². The van der Waals surface area contributed by atoms with E-state index in [1.54, 1.807) is 38.4 Å². The Morgan fingerprint density at radius 3 is 2.33 bits per heavy atom. The summed E-state index contributed by atoms with van der Waals surface area (Å²) in [6, 6.07) is 3.72. The van der Waals surface area contributed by atoms with E-state index >= 15 is 0 Å². The van der Waals surface area contributed by atoms with E-state index in [4.69, 9.17) is 14.2 Å². The van der Waals surface area contributed by atoms with Crippen LogP contribution in [0.5, 0.6) is 17.2 Å². The Morgan fingerprint density at radius 1 is 1.19 bits per heavy atom. The molecule has 0 unspecified atom stereocenters. The highest BCUT2D eigenvalue weighted by Crippen LogP contribution is 2.39. The summed E-state index contributed by atoms with van der Waals surface area (Å²) in [7, 11) is 4.77. The van der Waals surface area contributed by atoms with Crippen molar-refractivity contribution in [1.82, 2.24) is 9.78 Å². The highest BCUT2D eigenvalue weighted by atomic mass is 16.5. The van der Waals surface area contributed by atoms with Crippen LogP contribution in [0.1, 0.15) is 5.56 Å². The van der Waals surface area contributed by atoms with Crippen LogP contribution in [-0.2, 0) is 6.54 Å². The first-order valence-corrected chi connectivity index (χ1v) is 6.41. The number of hydrogen-bond donors (Lipinski definition) is 1. The van der Waals surface area contributed by atoms with Crippen LogP contribution >= 0.6 is 0 Å². The Bertz CT molecular complexity index is 597. The lowest BCUT2D eigenvalue weighted by Gasteiger charge is -2.14. The van der Waals surface area contributed by atoms with Gasteiger partial charge in [-0.25, -0.2) is 4.68 Å². The van der Waals surface area contributed by atoms with Gasteiger partial charge in [0.1, 0.15) is 0 Å². The minimum Gasteiger partial charge on any atom is -0.493 e. The molecule has 0 aliphatic heterocycles. The smallest absolute Gasteiger partial charge is 0.203 e. The average Bonchev–Trinajstić information content (AvgIpc) is 2.99. The van der Waals surface area contributed by atoms with Crippen molar-refractivity contribution in [2.45, 2.75) is 6.54 Å². The molecule has 0 saturated heterocycles. The van der Waals surface area contributed by atoms with Gasteiger partial charge in [0.05, 0.1) is 27.5 Å². The summed E-state index contributed by atoms with van der Waals surface area (Å²) in [4.78, 5) is 0. The van der Waals surface area contributed by atoms with Crippen LogP contribution in [0.25, 0.3) is 6.20 Å². The lowest BCUT2D eigenvalue weighted by molar-refractivity contribution is 0.324. The fourth-order valence-electron chi connectivity index (χ4n) is 1.96. The van der Waals surface area contributed by atoms with Crippen molar-refractivity contribution < 1.29 is 14.2 Å². The molecule has 1 N–H and O–H groups in total. The predicted octanol–water partition coefficient (Wildman–Crippen LogP) is 2.62. The second-order valence-corrected chi connectivity index (χ2v) is 4.28. The summed E-state index contributed by atoms with van der Waals surface area (Å²) < 4.78 is 17.6. The van der Waals surface area contributed by atoms with E-state index in [-0.39, 0.29) is 0 Å². The Hall–Kier alpha value is -2.63. The van der Waals surface area contributed by atoms with Gasteiger partial charge in [-0.3, -0.25) is 0 Å². The van der Waals surface area contributed by atoms with E-state index in [1.165, 1.54) is 0 Å². The number of anilines is 1. The van der Waals surface area contributed by atoms with Crippen LogP contribution in [0.15, 0.2) is 31.1 Å². The quantitative estimate of drug-likeness (QED) is 0.849. The largest absolute Gasteiger partial charge is 0.493 e. The Balaban J connectivity index is 2.17. The van der Waals surface area contributed by atoms with Crippen LogP contribution in [0, 0.1) is 0 Å². The van der Waals surface area contributed by atoms with Gasteiger partial charge in [0.15, 0.2) is 11.5 Å². The molecule has 0 atom stereocenters. The van der Waals surface area contributed by atoms with Gasteiger partial charge in [0.25, 0.3) is 0 Å². The van der Waals surface area contributed by atoms with E-state index in [1.807, 2.05) is 18.3 Å². The first kappa shape index (κ1) is 14.8. The molecule has 2 rings (SSSR count). The summed E-state index contributed by atoms with van der Waals surface area (Å²) >= 11 is 0. The van der Waals surface area contributed by atoms with Gasteiger partial charge < -0.3 is 19.5 Å². The Labute approximate surface area is 123 Å². The zero-order valence-corrected chi connectivity index (χ0v) is 12.4. The number of nitrogens with zero attached hydrogens (tertiary/aromatic N) is 2. The normalized spacial score (nSPS) is 10.0. The summed E-state index contributed by atoms with van der Waals surface area (Å²) in [6.07, 6.45) is 5.33. The number of ether oxygens (including phenoxy) is 3. The average molecular weight is 289 g/mol.